The molecule has 1 saturated carbocycles. The first-order valence-corrected chi connectivity index (χ1v) is 8.57. The summed E-state index contributed by atoms with van der Waals surface area (Å²) in [5.74, 6) is 0.163. The maximum absolute atomic E-state index is 13.3. The molecule has 0 amide bonds. The Morgan fingerprint density at radius 1 is 1.25 bits per heavy atom. The Balaban J connectivity index is 1.71. The lowest BCUT2D eigenvalue weighted by Gasteiger charge is -2.11. The first kappa shape index (κ1) is 15.3. The Labute approximate surface area is 119 Å². The molecule has 0 radical (unpaired) electrons. The van der Waals surface area contributed by atoms with Gasteiger partial charge in [0.25, 0.3) is 0 Å². The van der Waals surface area contributed by atoms with Gasteiger partial charge in [0.2, 0.25) is 10.0 Å². The molecule has 1 aliphatic carbocycles. The summed E-state index contributed by atoms with van der Waals surface area (Å²) in [6, 6.07) is 6.07. The van der Waals surface area contributed by atoms with Crippen LogP contribution in [0.15, 0.2) is 24.3 Å². The first-order chi connectivity index (χ1) is 9.57. The number of benzene rings is 1. The van der Waals surface area contributed by atoms with E-state index in [9.17, 15) is 12.8 Å². The van der Waals surface area contributed by atoms with Crippen molar-refractivity contribution in [1.82, 2.24) is 4.72 Å². The molecular weight excluding hydrogens is 281 g/mol. The fourth-order valence-corrected chi connectivity index (χ4v) is 3.93. The van der Waals surface area contributed by atoms with Crippen molar-refractivity contribution in [2.45, 2.75) is 25.7 Å². The molecule has 0 unspecified atom stereocenters. The third kappa shape index (κ3) is 4.76. The lowest BCUT2D eigenvalue weighted by atomic mass is 10.1. The number of rotatable bonds is 7. The maximum atomic E-state index is 13.3. The lowest BCUT2D eigenvalue weighted by Crippen LogP contribution is -2.32. The predicted molar refractivity (Wildman–Crippen MR) is 75.6 cm³/mol. The fourth-order valence-electron chi connectivity index (χ4n) is 2.47. The Kier molecular flexibility index (Phi) is 5.37. The molecule has 1 N–H and O–H groups in total. The van der Waals surface area contributed by atoms with E-state index in [0.717, 1.165) is 25.7 Å². The monoisotopic (exact) mass is 301 g/mol. The quantitative estimate of drug-likeness (QED) is 0.786. The Morgan fingerprint density at radius 2 is 1.95 bits per heavy atom. The summed E-state index contributed by atoms with van der Waals surface area (Å²) in [5.41, 5.74) is 0. The highest BCUT2D eigenvalue weighted by Crippen LogP contribution is 2.25. The van der Waals surface area contributed by atoms with E-state index in [-0.39, 0.29) is 30.6 Å². The summed E-state index contributed by atoms with van der Waals surface area (Å²) in [5, 5.41) is 0. The second-order valence-corrected chi connectivity index (χ2v) is 6.96. The van der Waals surface area contributed by atoms with Gasteiger partial charge in [0.05, 0.1) is 5.75 Å². The second kappa shape index (κ2) is 7.04. The molecule has 0 bridgehead atoms. The number of nitrogens with one attached hydrogen (secondary N) is 1. The predicted octanol–water partition coefficient (Wildman–Crippen LogP) is 2.31. The fraction of sp³-hybridized carbons (Fsp3) is 0.571. The van der Waals surface area contributed by atoms with Gasteiger partial charge in [0.1, 0.15) is 6.61 Å². The van der Waals surface area contributed by atoms with Crippen molar-refractivity contribution < 1.29 is 17.5 Å². The standard InChI is InChI=1S/C14H20FNO3S/c15-13-7-3-4-8-14(13)19-10-9-16-20(17,18)11-12-5-1-2-6-12/h3-4,7-8,12,16H,1-2,5-6,9-11H2. The normalized spacial score (nSPS) is 16.4. The van der Waals surface area contributed by atoms with E-state index in [2.05, 4.69) is 4.72 Å². The van der Waals surface area contributed by atoms with Crippen LogP contribution in [0.2, 0.25) is 0 Å². The van der Waals surface area contributed by atoms with Gasteiger partial charge in [0.15, 0.2) is 11.6 Å². The molecule has 0 spiro atoms. The van der Waals surface area contributed by atoms with Crippen LogP contribution >= 0.6 is 0 Å². The summed E-state index contributed by atoms with van der Waals surface area (Å²) >= 11 is 0. The number of hydrogen-bond donors (Lipinski definition) is 1. The minimum Gasteiger partial charge on any atom is -0.489 e. The van der Waals surface area contributed by atoms with Gasteiger partial charge in [-0.2, -0.15) is 0 Å². The van der Waals surface area contributed by atoms with E-state index in [1.54, 1.807) is 12.1 Å². The van der Waals surface area contributed by atoms with E-state index in [1.165, 1.54) is 12.1 Å². The molecule has 4 nitrogen and oxygen atoms in total. The number of sulfonamides is 1. The van der Waals surface area contributed by atoms with Crippen LogP contribution in [-0.2, 0) is 10.0 Å². The molecule has 1 aromatic rings. The van der Waals surface area contributed by atoms with Gasteiger partial charge in [0, 0.05) is 6.54 Å². The van der Waals surface area contributed by atoms with Gasteiger partial charge in [-0.25, -0.2) is 17.5 Å². The van der Waals surface area contributed by atoms with Crippen LogP contribution in [0.1, 0.15) is 25.7 Å². The minimum absolute atomic E-state index is 0.116. The maximum Gasteiger partial charge on any atom is 0.211 e. The second-order valence-electron chi connectivity index (χ2n) is 5.11. The Bertz CT molecular complexity index is 527. The largest absolute Gasteiger partial charge is 0.489 e. The molecule has 0 saturated heterocycles. The molecule has 1 aliphatic rings. The average molecular weight is 301 g/mol. The van der Waals surface area contributed by atoms with Crippen LogP contribution in [0.25, 0.3) is 0 Å². The molecule has 0 aromatic heterocycles. The molecular formula is C14H20FNO3S. The third-order valence-corrected chi connectivity index (χ3v) is 5.00. The van der Waals surface area contributed by atoms with Crippen molar-refractivity contribution in [1.29, 1.82) is 0 Å². The average Bonchev–Trinajstić information content (AvgIpc) is 2.88. The molecule has 20 heavy (non-hydrogen) atoms. The van der Waals surface area contributed by atoms with Crippen LogP contribution in [0.4, 0.5) is 4.39 Å². The summed E-state index contributed by atoms with van der Waals surface area (Å²) in [6.45, 7) is 0.272. The van der Waals surface area contributed by atoms with E-state index in [4.69, 9.17) is 4.74 Å². The van der Waals surface area contributed by atoms with E-state index >= 15 is 0 Å². The zero-order chi connectivity index (χ0) is 14.4. The van der Waals surface area contributed by atoms with Crippen molar-refractivity contribution >= 4 is 10.0 Å². The number of ether oxygens (including phenoxy) is 1. The molecule has 6 heteroatoms. The molecule has 2 rings (SSSR count). The van der Waals surface area contributed by atoms with E-state index in [1.807, 2.05) is 0 Å². The Hall–Kier alpha value is -1.14. The van der Waals surface area contributed by atoms with Gasteiger partial charge < -0.3 is 4.74 Å². The Morgan fingerprint density at radius 3 is 2.65 bits per heavy atom. The van der Waals surface area contributed by atoms with Gasteiger partial charge in [-0.1, -0.05) is 25.0 Å². The smallest absolute Gasteiger partial charge is 0.211 e. The van der Waals surface area contributed by atoms with Crippen molar-refractivity contribution in [3.05, 3.63) is 30.1 Å². The SMILES string of the molecule is O=S(=O)(CC1CCCC1)NCCOc1ccccc1F. The molecule has 1 fully saturated rings. The van der Waals surface area contributed by atoms with Crippen LogP contribution < -0.4 is 9.46 Å². The van der Waals surface area contributed by atoms with Crippen molar-refractivity contribution in [3.63, 3.8) is 0 Å². The highest BCUT2D eigenvalue weighted by Gasteiger charge is 2.22. The molecule has 0 heterocycles. The minimum atomic E-state index is -3.25. The topological polar surface area (TPSA) is 55.4 Å². The van der Waals surface area contributed by atoms with Crippen LogP contribution in [0.5, 0.6) is 5.75 Å². The molecule has 0 aliphatic heterocycles. The van der Waals surface area contributed by atoms with Crippen LogP contribution in [0.3, 0.4) is 0 Å². The lowest BCUT2D eigenvalue weighted by molar-refractivity contribution is 0.306. The molecule has 1 aromatic carbocycles. The van der Waals surface area contributed by atoms with Crippen molar-refractivity contribution in [3.8, 4) is 5.75 Å². The summed E-state index contributed by atoms with van der Waals surface area (Å²) in [6.07, 6.45) is 4.23. The first-order valence-electron chi connectivity index (χ1n) is 6.91. The van der Waals surface area contributed by atoms with Gasteiger partial charge in [-0.15, -0.1) is 0 Å². The number of para-hydroxylation sites is 1. The van der Waals surface area contributed by atoms with Crippen LogP contribution in [-0.4, -0.2) is 27.3 Å². The van der Waals surface area contributed by atoms with Gasteiger partial charge in [-0.3, -0.25) is 0 Å². The van der Waals surface area contributed by atoms with Crippen molar-refractivity contribution in [2.24, 2.45) is 5.92 Å². The number of hydrogen-bond acceptors (Lipinski definition) is 3. The van der Waals surface area contributed by atoms with Crippen LogP contribution in [0, 0.1) is 11.7 Å². The summed E-state index contributed by atoms with van der Waals surface area (Å²) in [4.78, 5) is 0. The highest BCUT2D eigenvalue weighted by molar-refractivity contribution is 7.89. The van der Waals surface area contributed by atoms with Gasteiger partial charge in [-0.05, 0) is 30.9 Å². The zero-order valence-electron chi connectivity index (χ0n) is 11.3. The van der Waals surface area contributed by atoms with Crippen molar-refractivity contribution in [2.75, 3.05) is 18.9 Å². The highest BCUT2D eigenvalue weighted by atomic mass is 32.2. The number of halogens is 1. The summed E-state index contributed by atoms with van der Waals surface area (Å²) in [7, 11) is -3.25. The third-order valence-electron chi connectivity index (χ3n) is 3.45. The van der Waals surface area contributed by atoms with E-state index < -0.39 is 15.8 Å². The summed E-state index contributed by atoms with van der Waals surface area (Å²) < 4.78 is 44.6. The van der Waals surface area contributed by atoms with E-state index in [0.29, 0.717) is 0 Å². The molecule has 0 atom stereocenters. The molecule has 112 valence electrons. The van der Waals surface area contributed by atoms with Gasteiger partial charge >= 0.3 is 0 Å². The zero-order valence-corrected chi connectivity index (χ0v) is 12.2.